The molecule has 112 valence electrons. The average Bonchev–Trinajstić information content (AvgIpc) is 3.21. The van der Waals surface area contributed by atoms with Gasteiger partial charge in [-0.25, -0.2) is 4.98 Å². The van der Waals surface area contributed by atoms with Crippen LogP contribution in [-0.4, -0.2) is 48.1 Å². The Morgan fingerprint density at radius 2 is 2.10 bits per heavy atom. The van der Waals surface area contributed by atoms with Crippen molar-refractivity contribution in [1.82, 2.24) is 15.2 Å². The topological polar surface area (TPSA) is 31.4 Å². The smallest absolute Gasteiger partial charge is 0.185 e. The summed E-state index contributed by atoms with van der Waals surface area (Å²) >= 11 is 1.80. The van der Waals surface area contributed by atoms with E-state index in [1.807, 2.05) is 0 Å². The summed E-state index contributed by atoms with van der Waals surface area (Å²) in [5.74, 6) is 0. The Morgan fingerprint density at radius 3 is 2.75 bits per heavy atom. The molecule has 1 aromatic rings. The largest absolute Gasteiger partial charge is 0.346 e. The number of rotatable bonds is 6. The van der Waals surface area contributed by atoms with Gasteiger partial charge in [0.2, 0.25) is 0 Å². The molecule has 0 radical (unpaired) electrons. The maximum atomic E-state index is 4.79. The van der Waals surface area contributed by atoms with Gasteiger partial charge in [-0.1, -0.05) is 6.92 Å². The number of nitrogens with zero attached hydrogens (tertiary/aromatic N) is 3. The first kappa shape index (κ1) is 14.3. The summed E-state index contributed by atoms with van der Waals surface area (Å²) < 4.78 is 0. The van der Waals surface area contributed by atoms with Gasteiger partial charge in [-0.15, -0.1) is 11.3 Å². The van der Waals surface area contributed by atoms with Gasteiger partial charge in [0.1, 0.15) is 0 Å². The van der Waals surface area contributed by atoms with Crippen LogP contribution in [0.25, 0.3) is 0 Å². The quantitative estimate of drug-likeness (QED) is 0.872. The lowest BCUT2D eigenvalue weighted by Crippen LogP contribution is -2.49. The van der Waals surface area contributed by atoms with E-state index in [0.29, 0.717) is 6.04 Å². The Kier molecular flexibility index (Phi) is 4.58. The zero-order valence-electron chi connectivity index (χ0n) is 12.6. The summed E-state index contributed by atoms with van der Waals surface area (Å²) in [6.45, 7) is 10.1. The van der Waals surface area contributed by atoms with E-state index >= 15 is 0 Å². The van der Waals surface area contributed by atoms with Crippen molar-refractivity contribution in [1.29, 1.82) is 0 Å². The normalized spacial score (nSPS) is 22.2. The molecule has 1 N–H and O–H groups in total. The molecule has 1 aromatic heterocycles. The van der Waals surface area contributed by atoms with E-state index in [2.05, 4.69) is 34.3 Å². The number of thiazole rings is 1. The van der Waals surface area contributed by atoms with E-state index in [-0.39, 0.29) is 0 Å². The molecule has 1 aliphatic carbocycles. The van der Waals surface area contributed by atoms with Gasteiger partial charge in [-0.2, -0.15) is 0 Å². The number of nitrogens with one attached hydrogen (secondary N) is 1. The third-order valence-electron chi connectivity index (χ3n) is 4.49. The second-order valence-electron chi connectivity index (χ2n) is 6.06. The minimum Gasteiger partial charge on any atom is -0.346 e. The molecule has 0 bridgehead atoms. The van der Waals surface area contributed by atoms with Crippen molar-refractivity contribution in [3.8, 4) is 0 Å². The minimum atomic E-state index is 0.715. The predicted molar refractivity (Wildman–Crippen MR) is 85.5 cm³/mol. The number of hydrogen-bond acceptors (Lipinski definition) is 5. The molecule has 0 aromatic carbocycles. The molecule has 2 aliphatic rings. The minimum absolute atomic E-state index is 0.715. The Bertz CT molecular complexity index is 421. The lowest BCUT2D eigenvalue weighted by Gasteiger charge is -2.37. The lowest BCUT2D eigenvalue weighted by atomic mass is 10.2. The van der Waals surface area contributed by atoms with Gasteiger partial charge in [0.25, 0.3) is 0 Å². The maximum Gasteiger partial charge on any atom is 0.185 e. The predicted octanol–water partition coefficient (Wildman–Crippen LogP) is 2.32. The fourth-order valence-electron chi connectivity index (χ4n) is 2.67. The van der Waals surface area contributed by atoms with Gasteiger partial charge in [0, 0.05) is 50.2 Å². The van der Waals surface area contributed by atoms with Crippen LogP contribution in [0.2, 0.25) is 0 Å². The van der Waals surface area contributed by atoms with Crippen molar-refractivity contribution in [2.75, 3.05) is 31.1 Å². The first-order valence-electron chi connectivity index (χ1n) is 7.93. The molecule has 1 unspecified atom stereocenters. The van der Waals surface area contributed by atoms with Crippen LogP contribution in [-0.2, 0) is 6.54 Å². The first-order valence-corrected chi connectivity index (χ1v) is 8.81. The summed E-state index contributed by atoms with van der Waals surface area (Å²) in [5, 5.41) is 6.96. The van der Waals surface area contributed by atoms with Crippen molar-refractivity contribution in [3.05, 3.63) is 11.1 Å². The summed E-state index contributed by atoms with van der Waals surface area (Å²) in [6.07, 6.45) is 3.93. The number of hydrogen-bond donors (Lipinski definition) is 1. The molecule has 1 saturated carbocycles. The molecule has 1 saturated heterocycles. The second kappa shape index (κ2) is 6.41. The first-order chi connectivity index (χ1) is 9.76. The Balaban J connectivity index is 1.49. The number of aromatic nitrogens is 1. The molecule has 20 heavy (non-hydrogen) atoms. The van der Waals surface area contributed by atoms with Crippen LogP contribution in [0.4, 0.5) is 5.13 Å². The number of anilines is 1. The highest BCUT2D eigenvalue weighted by Gasteiger charge is 2.23. The second-order valence-corrected chi connectivity index (χ2v) is 6.89. The molecule has 4 nitrogen and oxygen atoms in total. The molecule has 2 heterocycles. The van der Waals surface area contributed by atoms with Gasteiger partial charge >= 0.3 is 0 Å². The number of piperazine rings is 1. The van der Waals surface area contributed by atoms with Crippen LogP contribution >= 0.6 is 11.3 Å². The summed E-state index contributed by atoms with van der Waals surface area (Å²) in [7, 11) is 0. The molecule has 5 heteroatoms. The van der Waals surface area contributed by atoms with E-state index in [0.717, 1.165) is 25.7 Å². The van der Waals surface area contributed by atoms with Crippen molar-refractivity contribution >= 4 is 16.5 Å². The average molecular weight is 294 g/mol. The third-order valence-corrected chi connectivity index (χ3v) is 5.44. The van der Waals surface area contributed by atoms with E-state index in [9.17, 15) is 0 Å². The summed E-state index contributed by atoms with van der Waals surface area (Å²) in [6, 6.07) is 1.48. The highest BCUT2D eigenvalue weighted by Crippen LogP contribution is 2.24. The molecule has 1 aliphatic heterocycles. The van der Waals surface area contributed by atoms with Crippen LogP contribution in [0.3, 0.4) is 0 Å². The highest BCUT2D eigenvalue weighted by molar-refractivity contribution is 7.13. The van der Waals surface area contributed by atoms with Crippen molar-refractivity contribution in [2.24, 2.45) is 0 Å². The van der Waals surface area contributed by atoms with Crippen molar-refractivity contribution in [2.45, 2.75) is 51.7 Å². The molecule has 2 fully saturated rings. The van der Waals surface area contributed by atoms with Crippen molar-refractivity contribution < 1.29 is 0 Å². The Morgan fingerprint density at radius 1 is 1.35 bits per heavy atom. The lowest BCUT2D eigenvalue weighted by molar-refractivity contribution is 0.193. The van der Waals surface area contributed by atoms with E-state index < -0.39 is 0 Å². The van der Waals surface area contributed by atoms with Crippen LogP contribution in [0, 0.1) is 0 Å². The maximum absolute atomic E-state index is 4.79. The van der Waals surface area contributed by atoms with Crippen LogP contribution in [0.1, 0.15) is 38.8 Å². The monoisotopic (exact) mass is 294 g/mol. The summed E-state index contributed by atoms with van der Waals surface area (Å²) in [5.41, 5.74) is 1.21. The van der Waals surface area contributed by atoms with Crippen LogP contribution in [0.15, 0.2) is 5.38 Å². The zero-order valence-corrected chi connectivity index (χ0v) is 13.5. The third kappa shape index (κ3) is 3.51. The molecular weight excluding hydrogens is 268 g/mol. The Labute approximate surface area is 126 Å². The van der Waals surface area contributed by atoms with Crippen molar-refractivity contribution in [3.63, 3.8) is 0 Å². The Hall–Kier alpha value is -0.650. The van der Waals surface area contributed by atoms with Crippen LogP contribution in [0.5, 0.6) is 0 Å². The zero-order chi connectivity index (χ0) is 13.9. The van der Waals surface area contributed by atoms with E-state index in [1.54, 1.807) is 11.3 Å². The van der Waals surface area contributed by atoms with Gasteiger partial charge in [0.15, 0.2) is 5.13 Å². The standard InChI is InChI=1S/C15H26N4S/c1-3-12(2)18-6-8-19(9-7-18)15-17-14(11-20-15)10-16-13-4-5-13/h11-13,16H,3-10H2,1-2H3. The SMILES string of the molecule is CCC(C)N1CCN(c2nc(CNC3CC3)cs2)CC1. The molecule has 3 rings (SSSR count). The molecule has 0 amide bonds. The molecule has 1 atom stereocenters. The molecular formula is C15H26N4S. The molecule has 0 spiro atoms. The fraction of sp³-hybridized carbons (Fsp3) is 0.800. The fourth-order valence-corrected chi connectivity index (χ4v) is 3.55. The highest BCUT2D eigenvalue weighted by atomic mass is 32.1. The van der Waals surface area contributed by atoms with Gasteiger partial charge in [-0.05, 0) is 26.2 Å². The van der Waals surface area contributed by atoms with Gasteiger partial charge < -0.3 is 10.2 Å². The van der Waals surface area contributed by atoms with Gasteiger partial charge in [0.05, 0.1) is 5.69 Å². The summed E-state index contributed by atoms with van der Waals surface area (Å²) in [4.78, 5) is 9.83. The van der Waals surface area contributed by atoms with Crippen LogP contribution < -0.4 is 10.2 Å². The van der Waals surface area contributed by atoms with Gasteiger partial charge in [-0.3, -0.25) is 4.90 Å². The van der Waals surface area contributed by atoms with E-state index in [4.69, 9.17) is 4.98 Å². The van der Waals surface area contributed by atoms with E-state index in [1.165, 1.54) is 43.2 Å².